The summed E-state index contributed by atoms with van der Waals surface area (Å²) in [6, 6.07) is 0. The van der Waals surface area contributed by atoms with Crippen LogP contribution in [0.3, 0.4) is 0 Å². The minimum Gasteiger partial charge on any atom is -0.165 e. The van der Waals surface area contributed by atoms with Crippen LogP contribution < -0.4 is 0 Å². The van der Waals surface area contributed by atoms with Gasteiger partial charge in [0.05, 0.1) is 0 Å². The second-order valence-corrected chi connectivity index (χ2v) is 4.10. The second kappa shape index (κ2) is 11.1. The lowest BCUT2D eigenvalue weighted by atomic mass is 10.1. The van der Waals surface area contributed by atoms with Crippen LogP contribution in [0.5, 0.6) is 0 Å². The predicted molar refractivity (Wildman–Crippen MR) is 60.9 cm³/mol. The van der Waals surface area contributed by atoms with E-state index in [1.54, 1.807) is 0 Å². The van der Waals surface area contributed by atoms with Gasteiger partial charge in [0, 0.05) is 0 Å². The lowest BCUT2D eigenvalue weighted by Crippen LogP contribution is -1.80. The van der Waals surface area contributed by atoms with Crippen molar-refractivity contribution in [1.82, 2.24) is 0 Å². The first kappa shape index (κ1) is 12.1. The predicted octanol–water partition coefficient (Wildman–Crippen LogP) is 4.27. The zero-order chi connectivity index (χ0) is 9.07. The molecule has 0 unspecified atom stereocenters. The number of allylic oxidation sites excluding steroid dienone is 2. The van der Waals surface area contributed by atoms with Gasteiger partial charge < -0.3 is 0 Å². The lowest BCUT2D eigenvalue weighted by molar-refractivity contribution is 0.640. The topological polar surface area (TPSA) is 0 Å². The van der Waals surface area contributed by atoms with Gasteiger partial charge >= 0.3 is 0 Å². The van der Waals surface area contributed by atoms with E-state index in [9.17, 15) is 0 Å². The molecule has 0 aliphatic carbocycles. The van der Waals surface area contributed by atoms with Crippen molar-refractivity contribution in [1.29, 1.82) is 0 Å². The van der Waals surface area contributed by atoms with E-state index in [1.165, 1.54) is 44.3 Å². The van der Waals surface area contributed by atoms with E-state index in [4.69, 9.17) is 0 Å². The SMILES string of the molecule is CC=CCCCCCCCSC. The van der Waals surface area contributed by atoms with Crippen LogP contribution in [-0.2, 0) is 0 Å². The monoisotopic (exact) mass is 186 g/mol. The van der Waals surface area contributed by atoms with E-state index in [0.717, 1.165) is 0 Å². The van der Waals surface area contributed by atoms with Crippen LogP contribution in [0.15, 0.2) is 12.2 Å². The Morgan fingerprint density at radius 3 is 2.33 bits per heavy atom. The Kier molecular flexibility index (Phi) is 11.2. The molecule has 0 rings (SSSR count). The molecule has 0 saturated carbocycles. The number of rotatable bonds is 8. The Bertz CT molecular complexity index is 97.2. The number of hydrogen-bond donors (Lipinski definition) is 0. The van der Waals surface area contributed by atoms with Crippen molar-refractivity contribution in [3.8, 4) is 0 Å². The molecule has 0 atom stereocenters. The fourth-order valence-electron chi connectivity index (χ4n) is 1.21. The standard InChI is InChI=1S/C11H22S/c1-3-4-5-6-7-8-9-10-11-12-2/h3-4H,5-11H2,1-2H3. The highest BCUT2D eigenvalue weighted by molar-refractivity contribution is 7.98. The van der Waals surface area contributed by atoms with Crippen molar-refractivity contribution < 1.29 is 0 Å². The molecule has 12 heavy (non-hydrogen) atoms. The summed E-state index contributed by atoms with van der Waals surface area (Å²) in [5.74, 6) is 1.34. The van der Waals surface area contributed by atoms with Gasteiger partial charge in [-0.05, 0) is 38.2 Å². The van der Waals surface area contributed by atoms with Crippen molar-refractivity contribution in [2.75, 3.05) is 12.0 Å². The van der Waals surface area contributed by atoms with E-state index in [2.05, 4.69) is 25.3 Å². The second-order valence-electron chi connectivity index (χ2n) is 3.12. The Morgan fingerprint density at radius 2 is 1.67 bits per heavy atom. The minimum atomic E-state index is 1.28. The van der Waals surface area contributed by atoms with E-state index in [-0.39, 0.29) is 0 Å². The number of unbranched alkanes of at least 4 members (excludes halogenated alkanes) is 5. The summed E-state index contributed by atoms with van der Waals surface area (Å²) in [5.41, 5.74) is 0. The summed E-state index contributed by atoms with van der Waals surface area (Å²) in [4.78, 5) is 0. The van der Waals surface area contributed by atoms with Gasteiger partial charge in [-0.3, -0.25) is 0 Å². The molecule has 72 valence electrons. The van der Waals surface area contributed by atoms with Gasteiger partial charge in [-0.1, -0.05) is 31.4 Å². The van der Waals surface area contributed by atoms with E-state index >= 15 is 0 Å². The van der Waals surface area contributed by atoms with E-state index in [1.807, 2.05) is 11.8 Å². The minimum absolute atomic E-state index is 1.28. The van der Waals surface area contributed by atoms with Crippen molar-refractivity contribution >= 4 is 11.8 Å². The molecule has 0 fully saturated rings. The Balaban J connectivity index is 2.81. The molecule has 0 radical (unpaired) electrons. The van der Waals surface area contributed by atoms with Gasteiger partial charge in [0.15, 0.2) is 0 Å². The first-order valence-electron chi connectivity index (χ1n) is 5.02. The van der Waals surface area contributed by atoms with Crippen LogP contribution in [-0.4, -0.2) is 12.0 Å². The summed E-state index contributed by atoms with van der Waals surface area (Å²) in [6.07, 6.45) is 14.9. The van der Waals surface area contributed by atoms with E-state index in [0.29, 0.717) is 0 Å². The largest absolute Gasteiger partial charge is 0.165 e. The van der Waals surface area contributed by atoms with Gasteiger partial charge in [0.25, 0.3) is 0 Å². The summed E-state index contributed by atoms with van der Waals surface area (Å²) >= 11 is 1.96. The molecule has 0 aliphatic rings. The summed E-state index contributed by atoms with van der Waals surface area (Å²) in [7, 11) is 0. The Hall–Kier alpha value is 0.0900. The Labute approximate surface area is 81.8 Å². The van der Waals surface area contributed by atoms with Crippen LogP contribution >= 0.6 is 11.8 Å². The average Bonchev–Trinajstić information content (AvgIpc) is 2.10. The maximum absolute atomic E-state index is 2.27. The quantitative estimate of drug-likeness (QED) is 0.403. The zero-order valence-corrected chi connectivity index (χ0v) is 9.33. The summed E-state index contributed by atoms with van der Waals surface area (Å²) in [6.45, 7) is 2.10. The number of thioether (sulfide) groups is 1. The smallest absolute Gasteiger partial charge is 0.00703 e. The van der Waals surface area contributed by atoms with Crippen LogP contribution in [0.4, 0.5) is 0 Å². The molecule has 0 bridgehead atoms. The lowest BCUT2D eigenvalue weighted by Gasteiger charge is -1.98. The Morgan fingerprint density at radius 1 is 1.00 bits per heavy atom. The highest BCUT2D eigenvalue weighted by atomic mass is 32.2. The third-order valence-corrected chi connectivity index (χ3v) is 2.65. The first-order chi connectivity index (χ1) is 5.91. The molecule has 0 aromatic carbocycles. The van der Waals surface area contributed by atoms with Gasteiger partial charge in [-0.15, -0.1) is 0 Å². The summed E-state index contributed by atoms with van der Waals surface area (Å²) in [5, 5.41) is 0. The molecular weight excluding hydrogens is 164 g/mol. The zero-order valence-electron chi connectivity index (χ0n) is 8.51. The molecule has 0 aliphatic heterocycles. The maximum atomic E-state index is 2.27. The third-order valence-electron chi connectivity index (χ3n) is 1.95. The molecule has 0 heterocycles. The molecule has 0 aromatic heterocycles. The van der Waals surface area contributed by atoms with Crippen molar-refractivity contribution in [2.45, 2.75) is 45.4 Å². The van der Waals surface area contributed by atoms with Gasteiger partial charge in [-0.2, -0.15) is 11.8 Å². The van der Waals surface area contributed by atoms with Crippen LogP contribution in [0.25, 0.3) is 0 Å². The molecule has 0 amide bonds. The fourth-order valence-corrected chi connectivity index (χ4v) is 1.70. The third kappa shape index (κ3) is 10.1. The summed E-state index contributed by atoms with van der Waals surface area (Å²) < 4.78 is 0. The first-order valence-corrected chi connectivity index (χ1v) is 6.41. The molecule has 0 nitrogen and oxygen atoms in total. The average molecular weight is 186 g/mol. The van der Waals surface area contributed by atoms with Crippen LogP contribution in [0, 0.1) is 0 Å². The molecule has 0 aromatic rings. The van der Waals surface area contributed by atoms with E-state index < -0.39 is 0 Å². The molecule has 0 saturated heterocycles. The molecular formula is C11H22S. The highest BCUT2D eigenvalue weighted by Gasteiger charge is 1.88. The molecule has 0 N–H and O–H groups in total. The van der Waals surface area contributed by atoms with Crippen molar-refractivity contribution in [3.63, 3.8) is 0 Å². The normalized spacial score (nSPS) is 11.2. The van der Waals surface area contributed by atoms with Gasteiger partial charge in [-0.25, -0.2) is 0 Å². The maximum Gasteiger partial charge on any atom is -0.00703 e. The highest BCUT2D eigenvalue weighted by Crippen LogP contribution is 2.07. The fraction of sp³-hybridized carbons (Fsp3) is 0.818. The van der Waals surface area contributed by atoms with Gasteiger partial charge in [0.1, 0.15) is 0 Å². The van der Waals surface area contributed by atoms with Crippen LogP contribution in [0.1, 0.15) is 45.4 Å². The van der Waals surface area contributed by atoms with Gasteiger partial charge in [0.2, 0.25) is 0 Å². The molecule has 0 spiro atoms. The van der Waals surface area contributed by atoms with Crippen molar-refractivity contribution in [3.05, 3.63) is 12.2 Å². The van der Waals surface area contributed by atoms with Crippen molar-refractivity contribution in [2.24, 2.45) is 0 Å². The number of hydrogen-bond acceptors (Lipinski definition) is 1. The van der Waals surface area contributed by atoms with Crippen LogP contribution in [0.2, 0.25) is 0 Å². The molecule has 1 heteroatoms.